The summed E-state index contributed by atoms with van der Waals surface area (Å²) < 4.78 is 38.4. The van der Waals surface area contributed by atoms with Gasteiger partial charge in [-0.2, -0.15) is 13.2 Å². The smallest absolute Gasteiger partial charge is 0.326 e. The van der Waals surface area contributed by atoms with Gasteiger partial charge >= 0.3 is 6.18 Å². The lowest BCUT2D eigenvalue weighted by Gasteiger charge is -2.17. The minimum Gasteiger partial charge on any atom is -0.326 e. The molecule has 2 rings (SSSR count). The highest BCUT2D eigenvalue weighted by Gasteiger charge is 2.69. The van der Waals surface area contributed by atoms with Gasteiger partial charge in [-0.3, -0.25) is 4.79 Å². The fourth-order valence-corrected chi connectivity index (χ4v) is 3.13. The Bertz CT molecular complexity index is 591. The number of rotatable bonds is 5. The van der Waals surface area contributed by atoms with Crippen LogP contribution in [0.2, 0.25) is 0 Å². The van der Waals surface area contributed by atoms with E-state index in [1.807, 2.05) is 0 Å². The number of terminal acetylenes is 1. The molecule has 1 aliphatic carbocycles. The minimum atomic E-state index is -4.32. The number of alkyl halides is 3. The molecular weight excluding hydrogens is 311 g/mol. The molecule has 1 saturated carbocycles. The van der Waals surface area contributed by atoms with Gasteiger partial charge in [0, 0.05) is 10.6 Å². The van der Waals surface area contributed by atoms with Gasteiger partial charge in [0.25, 0.3) is 0 Å². The van der Waals surface area contributed by atoms with Crippen molar-refractivity contribution < 1.29 is 18.0 Å². The molecule has 0 radical (unpaired) electrons. The van der Waals surface area contributed by atoms with Crippen molar-refractivity contribution in [2.24, 2.45) is 11.3 Å². The van der Waals surface area contributed by atoms with Gasteiger partial charge in [-0.1, -0.05) is 12.8 Å². The van der Waals surface area contributed by atoms with Crippen molar-refractivity contribution in [2.75, 3.05) is 11.1 Å². The van der Waals surface area contributed by atoms with E-state index in [2.05, 4.69) is 11.2 Å². The Morgan fingerprint density at radius 3 is 2.55 bits per heavy atom. The van der Waals surface area contributed by atoms with Crippen LogP contribution in [0.1, 0.15) is 19.8 Å². The fraction of sp³-hybridized carbons (Fsp3) is 0.438. The summed E-state index contributed by atoms with van der Waals surface area (Å²) in [6, 6.07) is 6.91. The number of hydrogen-bond acceptors (Lipinski definition) is 2. The maximum atomic E-state index is 12.8. The first kappa shape index (κ1) is 16.8. The molecule has 0 saturated heterocycles. The van der Waals surface area contributed by atoms with Gasteiger partial charge in [0.1, 0.15) is 0 Å². The summed E-state index contributed by atoms with van der Waals surface area (Å²) in [5, 5.41) is 2.59. The van der Waals surface area contributed by atoms with Crippen LogP contribution >= 0.6 is 11.8 Å². The van der Waals surface area contributed by atoms with Crippen LogP contribution in [0.4, 0.5) is 18.9 Å². The summed E-state index contributed by atoms with van der Waals surface area (Å²) in [7, 11) is 0. The quantitative estimate of drug-likeness (QED) is 0.644. The molecule has 0 bridgehead atoms. The van der Waals surface area contributed by atoms with Crippen molar-refractivity contribution in [3.63, 3.8) is 0 Å². The molecule has 1 aliphatic rings. The van der Waals surface area contributed by atoms with Crippen LogP contribution in [-0.2, 0) is 4.79 Å². The van der Waals surface area contributed by atoms with E-state index in [1.165, 1.54) is 11.8 Å². The van der Waals surface area contributed by atoms with E-state index < -0.39 is 23.4 Å². The Kier molecular flexibility index (Phi) is 4.76. The lowest BCUT2D eigenvalue weighted by molar-refractivity contribution is -0.160. The number of thioether (sulfide) groups is 1. The molecule has 1 aromatic rings. The van der Waals surface area contributed by atoms with Crippen LogP contribution in [0.25, 0.3) is 0 Å². The third-order valence-electron chi connectivity index (χ3n) is 3.99. The minimum absolute atomic E-state index is 0.130. The van der Waals surface area contributed by atoms with Gasteiger partial charge in [-0.25, -0.2) is 0 Å². The van der Waals surface area contributed by atoms with Crippen LogP contribution < -0.4 is 5.32 Å². The first-order chi connectivity index (χ1) is 10.3. The predicted octanol–water partition coefficient (Wildman–Crippen LogP) is 4.33. The van der Waals surface area contributed by atoms with E-state index in [0.717, 1.165) is 4.90 Å². The summed E-state index contributed by atoms with van der Waals surface area (Å²) >= 11 is 1.48. The highest BCUT2D eigenvalue weighted by atomic mass is 32.2. The Morgan fingerprint density at radius 2 is 2.09 bits per heavy atom. The van der Waals surface area contributed by atoms with Crippen LogP contribution in [0.5, 0.6) is 0 Å². The number of hydrogen-bond donors (Lipinski definition) is 1. The van der Waals surface area contributed by atoms with Gasteiger partial charge in [0.15, 0.2) is 0 Å². The molecule has 1 N–H and O–H groups in total. The molecule has 2 nitrogen and oxygen atoms in total. The van der Waals surface area contributed by atoms with E-state index in [9.17, 15) is 18.0 Å². The van der Waals surface area contributed by atoms with Crippen molar-refractivity contribution in [1.29, 1.82) is 0 Å². The molecule has 0 aliphatic heterocycles. The maximum Gasteiger partial charge on any atom is 0.392 e. The summed E-state index contributed by atoms with van der Waals surface area (Å²) in [6.07, 6.45) is 0.904. The van der Waals surface area contributed by atoms with E-state index in [-0.39, 0.29) is 12.8 Å². The monoisotopic (exact) mass is 327 g/mol. The summed E-state index contributed by atoms with van der Waals surface area (Å²) in [4.78, 5) is 13.1. The van der Waals surface area contributed by atoms with Gasteiger partial charge < -0.3 is 5.32 Å². The van der Waals surface area contributed by atoms with E-state index in [1.54, 1.807) is 31.2 Å². The Labute approximate surface area is 131 Å². The standard InChI is InChI=1S/C16H16F3NOS/c1-3-9-22-12-7-5-11(6-8-12)20-14(21)15(4-2)10-13(15)16(17,18)19/h1,5-8,13H,4,9-10H2,2H3,(H,20,21). The van der Waals surface area contributed by atoms with Gasteiger partial charge in [0.2, 0.25) is 5.91 Å². The largest absolute Gasteiger partial charge is 0.392 e. The number of halogens is 3. The number of anilines is 1. The molecule has 0 heterocycles. The first-order valence-electron chi connectivity index (χ1n) is 6.88. The number of carbonyl (C=O) groups excluding carboxylic acids is 1. The molecule has 22 heavy (non-hydrogen) atoms. The highest BCUT2D eigenvalue weighted by molar-refractivity contribution is 7.99. The van der Waals surface area contributed by atoms with Crippen molar-refractivity contribution in [1.82, 2.24) is 0 Å². The van der Waals surface area contributed by atoms with Gasteiger partial charge in [-0.15, -0.1) is 18.2 Å². The molecular formula is C16H16F3NOS. The van der Waals surface area contributed by atoms with E-state index in [0.29, 0.717) is 11.4 Å². The molecule has 0 spiro atoms. The lowest BCUT2D eigenvalue weighted by atomic mass is 9.98. The zero-order valence-corrected chi connectivity index (χ0v) is 12.9. The van der Waals surface area contributed by atoms with Crippen LogP contribution in [0, 0.1) is 23.7 Å². The molecule has 2 unspecified atom stereocenters. The third kappa shape index (κ3) is 3.41. The summed E-state index contributed by atoms with van der Waals surface area (Å²) in [5.74, 6) is 0.958. The maximum absolute atomic E-state index is 12.8. The highest BCUT2D eigenvalue weighted by Crippen LogP contribution is 2.62. The van der Waals surface area contributed by atoms with Crippen molar-refractivity contribution in [3.05, 3.63) is 24.3 Å². The Hall–Kier alpha value is -1.61. The lowest BCUT2D eigenvalue weighted by Crippen LogP contribution is -2.29. The van der Waals surface area contributed by atoms with Crippen molar-refractivity contribution in [3.8, 4) is 12.3 Å². The van der Waals surface area contributed by atoms with E-state index >= 15 is 0 Å². The van der Waals surface area contributed by atoms with Crippen LogP contribution in [0.3, 0.4) is 0 Å². The van der Waals surface area contributed by atoms with Gasteiger partial charge in [-0.05, 0) is 37.1 Å². The molecule has 118 valence electrons. The molecule has 2 atom stereocenters. The zero-order valence-electron chi connectivity index (χ0n) is 12.0. The Balaban J connectivity index is 2.02. The Morgan fingerprint density at radius 1 is 1.45 bits per heavy atom. The predicted molar refractivity (Wildman–Crippen MR) is 81.5 cm³/mol. The zero-order chi connectivity index (χ0) is 16.4. The van der Waals surface area contributed by atoms with Gasteiger partial charge in [0.05, 0.1) is 17.1 Å². The van der Waals surface area contributed by atoms with Crippen LogP contribution in [-0.4, -0.2) is 17.8 Å². The normalized spacial score (nSPS) is 23.7. The number of benzene rings is 1. The molecule has 0 aromatic heterocycles. The SMILES string of the molecule is C#CCSc1ccc(NC(=O)C2(CC)CC2C(F)(F)F)cc1. The third-order valence-corrected chi connectivity index (χ3v) is 4.90. The second kappa shape index (κ2) is 6.25. The number of carbonyl (C=O) groups is 1. The fourth-order valence-electron chi connectivity index (χ4n) is 2.55. The van der Waals surface area contributed by atoms with Crippen LogP contribution in [0.15, 0.2) is 29.2 Å². The van der Waals surface area contributed by atoms with Crippen molar-refractivity contribution in [2.45, 2.75) is 30.8 Å². The second-order valence-electron chi connectivity index (χ2n) is 5.28. The molecule has 1 fully saturated rings. The average Bonchev–Trinajstić information content (AvgIpc) is 3.23. The number of amides is 1. The average molecular weight is 327 g/mol. The topological polar surface area (TPSA) is 29.1 Å². The second-order valence-corrected chi connectivity index (χ2v) is 6.33. The number of nitrogens with one attached hydrogen (secondary N) is 1. The molecule has 1 aromatic carbocycles. The molecule has 1 amide bonds. The summed E-state index contributed by atoms with van der Waals surface area (Å²) in [5.41, 5.74) is -0.814. The first-order valence-corrected chi connectivity index (χ1v) is 7.86. The molecule has 6 heteroatoms. The van der Waals surface area contributed by atoms with Crippen molar-refractivity contribution >= 4 is 23.4 Å². The summed E-state index contributed by atoms with van der Waals surface area (Å²) in [6.45, 7) is 1.62. The van der Waals surface area contributed by atoms with E-state index in [4.69, 9.17) is 6.42 Å².